The molecular weight excluding hydrogens is 326 g/mol. The van der Waals surface area contributed by atoms with Gasteiger partial charge in [0, 0.05) is 39.1 Å². The number of amides is 1. The first-order valence-electron chi connectivity index (χ1n) is 10.7. The molecule has 1 amide bonds. The molecule has 0 aromatic carbocycles. The van der Waals surface area contributed by atoms with Gasteiger partial charge in [-0.15, -0.1) is 0 Å². The number of unbranched alkanes of at least 4 members (excludes halogenated alkanes) is 2. The molecule has 1 aliphatic rings. The molecule has 6 heteroatoms. The van der Waals surface area contributed by atoms with Gasteiger partial charge in [-0.05, 0) is 66.1 Å². The van der Waals surface area contributed by atoms with Crippen LogP contribution in [0.5, 0.6) is 0 Å². The van der Waals surface area contributed by atoms with Gasteiger partial charge in [0.2, 0.25) is 5.91 Å². The van der Waals surface area contributed by atoms with Crippen molar-refractivity contribution in [2.24, 2.45) is 4.99 Å². The third-order valence-corrected chi connectivity index (χ3v) is 4.94. The van der Waals surface area contributed by atoms with Gasteiger partial charge in [0.1, 0.15) is 0 Å². The van der Waals surface area contributed by atoms with E-state index in [-0.39, 0.29) is 5.91 Å². The van der Waals surface area contributed by atoms with Gasteiger partial charge in [0.05, 0.1) is 0 Å². The summed E-state index contributed by atoms with van der Waals surface area (Å²) in [5.74, 6) is 1.03. The molecule has 1 saturated heterocycles. The number of aliphatic imine (C=N–C) groups is 1. The Labute approximate surface area is 160 Å². The van der Waals surface area contributed by atoms with E-state index >= 15 is 0 Å². The summed E-state index contributed by atoms with van der Waals surface area (Å²) in [6.45, 7) is 13.8. The minimum absolute atomic E-state index is 0.205. The summed E-state index contributed by atoms with van der Waals surface area (Å²) in [5.41, 5.74) is 0. The first kappa shape index (κ1) is 22.7. The van der Waals surface area contributed by atoms with Crippen LogP contribution >= 0.6 is 0 Å². The maximum Gasteiger partial charge on any atom is 0.224 e. The Morgan fingerprint density at radius 1 is 1.00 bits per heavy atom. The van der Waals surface area contributed by atoms with Crippen LogP contribution < -0.4 is 10.6 Å². The second kappa shape index (κ2) is 14.8. The summed E-state index contributed by atoms with van der Waals surface area (Å²) in [6.07, 6.45) is 8.31. The largest absolute Gasteiger partial charge is 0.357 e. The molecule has 0 aromatic heterocycles. The van der Waals surface area contributed by atoms with Gasteiger partial charge < -0.3 is 20.4 Å². The Morgan fingerprint density at radius 3 is 2.38 bits per heavy atom. The average Bonchev–Trinajstić information content (AvgIpc) is 2.66. The van der Waals surface area contributed by atoms with Gasteiger partial charge in [-0.25, -0.2) is 0 Å². The number of likely N-dealkylation sites (tertiary alicyclic amines) is 1. The molecule has 0 aliphatic carbocycles. The van der Waals surface area contributed by atoms with E-state index in [9.17, 15) is 4.79 Å². The molecule has 1 rings (SSSR count). The lowest BCUT2D eigenvalue weighted by Crippen LogP contribution is -2.40. The predicted octanol–water partition coefficient (Wildman–Crippen LogP) is 2.46. The first-order chi connectivity index (χ1) is 12.7. The maximum absolute atomic E-state index is 12.0. The van der Waals surface area contributed by atoms with Crippen molar-refractivity contribution in [3.05, 3.63) is 0 Å². The Hall–Kier alpha value is -1.30. The third kappa shape index (κ3) is 10.00. The molecule has 26 heavy (non-hydrogen) atoms. The van der Waals surface area contributed by atoms with Crippen molar-refractivity contribution in [1.29, 1.82) is 0 Å². The van der Waals surface area contributed by atoms with E-state index in [1.165, 1.54) is 51.7 Å². The number of hydrogen-bond acceptors (Lipinski definition) is 3. The molecular formula is C20H41N5O. The highest BCUT2D eigenvalue weighted by atomic mass is 16.2. The summed E-state index contributed by atoms with van der Waals surface area (Å²) < 4.78 is 0. The summed E-state index contributed by atoms with van der Waals surface area (Å²) in [6, 6.07) is 0. The highest BCUT2D eigenvalue weighted by Gasteiger charge is 2.10. The van der Waals surface area contributed by atoms with Crippen LogP contribution in [0, 0.1) is 0 Å². The van der Waals surface area contributed by atoms with Crippen LogP contribution in [0.25, 0.3) is 0 Å². The molecule has 0 radical (unpaired) electrons. The Balaban J connectivity index is 2.16. The highest BCUT2D eigenvalue weighted by Crippen LogP contribution is 2.09. The zero-order valence-electron chi connectivity index (χ0n) is 17.4. The van der Waals surface area contributed by atoms with Gasteiger partial charge in [-0.3, -0.25) is 9.79 Å². The lowest BCUT2D eigenvalue weighted by molar-refractivity contribution is -0.130. The topological polar surface area (TPSA) is 60.0 Å². The summed E-state index contributed by atoms with van der Waals surface area (Å²) in [5, 5.41) is 6.54. The van der Waals surface area contributed by atoms with Crippen LogP contribution in [-0.4, -0.2) is 74.0 Å². The molecule has 0 bridgehead atoms. The fraction of sp³-hybridized carbons (Fsp3) is 0.900. The minimum Gasteiger partial charge on any atom is -0.357 e. The lowest BCUT2D eigenvalue weighted by atomic mass is 10.1. The number of carbonyl (C=O) groups excluding carboxylic acids is 1. The van der Waals surface area contributed by atoms with Gasteiger partial charge in [-0.2, -0.15) is 0 Å². The molecule has 0 atom stereocenters. The molecule has 1 aliphatic heterocycles. The fourth-order valence-electron chi connectivity index (χ4n) is 3.36. The van der Waals surface area contributed by atoms with Crippen molar-refractivity contribution in [2.75, 3.05) is 52.4 Å². The Bertz CT molecular complexity index is 390. The monoisotopic (exact) mass is 367 g/mol. The molecule has 1 fully saturated rings. The molecule has 0 unspecified atom stereocenters. The van der Waals surface area contributed by atoms with E-state index in [0.29, 0.717) is 13.0 Å². The average molecular weight is 368 g/mol. The van der Waals surface area contributed by atoms with E-state index < -0.39 is 0 Å². The van der Waals surface area contributed by atoms with Crippen LogP contribution in [0.2, 0.25) is 0 Å². The smallest absolute Gasteiger partial charge is 0.224 e. The van der Waals surface area contributed by atoms with Gasteiger partial charge in [0.15, 0.2) is 5.96 Å². The van der Waals surface area contributed by atoms with Crippen molar-refractivity contribution in [3.8, 4) is 0 Å². The van der Waals surface area contributed by atoms with Crippen molar-refractivity contribution < 1.29 is 4.79 Å². The van der Waals surface area contributed by atoms with Crippen molar-refractivity contribution in [1.82, 2.24) is 20.4 Å². The zero-order chi connectivity index (χ0) is 19.0. The Morgan fingerprint density at radius 2 is 1.73 bits per heavy atom. The van der Waals surface area contributed by atoms with Gasteiger partial charge in [-0.1, -0.05) is 12.8 Å². The molecule has 0 spiro atoms. The van der Waals surface area contributed by atoms with Gasteiger partial charge >= 0.3 is 0 Å². The SMILES string of the molecule is CCNC(=NCCCCCN1CCCCC1)NCCC(=O)N(CC)CC. The number of nitrogens with one attached hydrogen (secondary N) is 2. The van der Waals surface area contributed by atoms with Crippen LogP contribution in [0.1, 0.15) is 65.7 Å². The van der Waals surface area contributed by atoms with E-state index in [1.54, 1.807) is 0 Å². The number of rotatable bonds is 12. The lowest BCUT2D eigenvalue weighted by Gasteiger charge is -2.26. The van der Waals surface area contributed by atoms with Crippen LogP contribution in [-0.2, 0) is 4.79 Å². The fourth-order valence-corrected chi connectivity index (χ4v) is 3.36. The molecule has 0 aromatic rings. The van der Waals surface area contributed by atoms with E-state index in [0.717, 1.165) is 38.6 Å². The summed E-state index contributed by atoms with van der Waals surface area (Å²) >= 11 is 0. The van der Waals surface area contributed by atoms with Crippen LogP contribution in [0.4, 0.5) is 0 Å². The zero-order valence-corrected chi connectivity index (χ0v) is 17.4. The van der Waals surface area contributed by atoms with E-state index in [4.69, 9.17) is 0 Å². The van der Waals surface area contributed by atoms with Crippen LogP contribution in [0.3, 0.4) is 0 Å². The van der Waals surface area contributed by atoms with Crippen molar-refractivity contribution in [3.63, 3.8) is 0 Å². The second-order valence-corrected chi connectivity index (χ2v) is 6.97. The molecule has 1 heterocycles. The van der Waals surface area contributed by atoms with Crippen molar-refractivity contribution >= 4 is 11.9 Å². The first-order valence-corrected chi connectivity index (χ1v) is 10.7. The van der Waals surface area contributed by atoms with Gasteiger partial charge in [0.25, 0.3) is 0 Å². The number of guanidine groups is 1. The summed E-state index contributed by atoms with van der Waals surface area (Å²) in [7, 11) is 0. The number of piperidine rings is 1. The standard InChI is InChI=1S/C20H41N5O/c1-4-21-20(23-15-13-19(26)25(5-2)6-3)22-14-9-7-10-16-24-17-11-8-12-18-24/h4-18H2,1-3H3,(H2,21,22,23). The quantitative estimate of drug-likeness (QED) is 0.316. The molecule has 152 valence electrons. The molecule has 2 N–H and O–H groups in total. The number of hydrogen-bond donors (Lipinski definition) is 2. The summed E-state index contributed by atoms with van der Waals surface area (Å²) in [4.78, 5) is 21.1. The number of nitrogens with zero attached hydrogens (tertiary/aromatic N) is 3. The number of carbonyl (C=O) groups is 1. The minimum atomic E-state index is 0.205. The Kier molecular flexibility index (Phi) is 13.0. The maximum atomic E-state index is 12.0. The molecule has 6 nitrogen and oxygen atoms in total. The van der Waals surface area contributed by atoms with Crippen molar-refractivity contribution in [2.45, 2.75) is 65.7 Å². The third-order valence-electron chi connectivity index (χ3n) is 4.94. The van der Waals surface area contributed by atoms with E-state index in [1.807, 2.05) is 18.7 Å². The molecule has 0 saturated carbocycles. The second-order valence-electron chi connectivity index (χ2n) is 6.97. The normalized spacial score (nSPS) is 15.7. The highest BCUT2D eigenvalue weighted by molar-refractivity contribution is 5.81. The van der Waals surface area contributed by atoms with E-state index in [2.05, 4.69) is 27.4 Å². The predicted molar refractivity (Wildman–Crippen MR) is 111 cm³/mol. The van der Waals surface area contributed by atoms with Crippen LogP contribution in [0.15, 0.2) is 4.99 Å².